The van der Waals surface area contributed by atoms with E-state index in [1.807, 2.05) is 6.92 Å². The number of halogens is 1. The number of hydrogen-bond acceptors (Lipinski definition) is 4. The van der Waals surface area contributed by atoms with E-state index >= 15 is 0 Å². The minimum absolute atomic E-state index is 0. The molecule has 72 valence electrons. The number of morpholine rings is 1. The molecule has 1 heterocycles. The van der Waals surface area contributed by atoms with E-state index in [0.717, 1.165) is 0 Å². The normalized spacial score (nSPS) is 28.8. The first-order valence-electron chi connectivity index (χ1n) is 3.67. The fraction of sp³-hybridized carbons (Fsp3) is 0.857. The summed E-state index contributed by atoms with van der Waals surface area (Å²) in [4.78, 5) is 10.9. The molecule has 0 spiro atoms. The van der Waals surface area contributed by atoms with E-state index in [4.69, 9.17) is 4.74 Å². The van der Waals surface area contributed by atoms with Gasteiger partial charge in [0.2, 0.25) is 0 Å². The number of nitrogens with one attached hydrogen (secondary N) is 1. The van der Waals surface area contributed by atoms with Gasteiger partial charge in [0.25, 0.3) is 0 Å². The predicted molar refractivity (Wildman–Crippen MR) is 46.5 cm³/mol. The number of ether oxygens (including phenoxy) is 2. The second kappa shape index (κ2) is 5.35. The molecule has 0 unspecified atom stereocenters. The lowest BCUT2D eigenvalue weighted by atomic mass is 10.2. The molecular weight excluding hydrogens is 182 g/mol. The first-order valence-corrected chi connectivity index (χ1v) is 3.67. The molecule has 0 saturated carbocycles. The highest BCUT2D eigenvalue weighted by Gasteiger charge is 2.24. The van der Waals surface area contributed by atoms with Crippen molar-refractivity contribution in [2.45, 2.75) is 19.1 Å². The Morgan fingerprint density at radius 3 is 2.75 bits per heavy atom. The summed E-state index contributed by atoms with van der Waals surface area (Å²) >= 11 is 0. The molecule has 1 aliphatic rings. The van der Waals surface area contributed by atoms with Gasteiger partial charge in [0.15, 0.2) is 0 Å². The fourth-order valence-electron chi connectivity index (χ4n) is 0.980. The molecule has 0 radical (unpaired) electrons. The summed E-state index contributed by atoms with van der Waals surface area (Å²) in [5.74, 6) is -0.253. The van der Waals surface area contributed by atoms with Gasteiger partial charge in [-0.05, 0) is 6.92 Å². The standard InChI is InChI=1S/C7H13NO3.ClH/c1-5-3-8-6(4-11-5)7(9)10-2;/h5-6,8H,3-4H2,1-2H3;1H/t5-,6+;/m1./s1. The number of hydrogen-bond donors (Lipinski definition) is 1. The Balaban J connectivity index is 0.00000121. The Labute approximate surface area is 78.0 Å². The first-order chi connectivity index (χ1) is 5.24. The second-order valence-corrected chi connectivity index (χ2v) is 2.63. The van der Waals surface area contributed by atoms with E-state index in [-0.39, 0.29) is 30.5 Å². The number of carbonyl (C=O) groups excluding carboxylic acids is 1. The zero-order chi connectivity index (χ0) is 8.27. The Morgan fingerprint density at radius 2 is 2.33 bits per heavy atom. The van der Waals surface area contributed by atoms with Crippen molar-refractivity contribution in [1.29, 1.82) is 0 Å². The SMILES string of the molecule is COC(=O)[C@@H]1CO[C@H](C)CN1.Cl. The minimum Gasteiger partial charge on any atom is -0.468 e. The molecule has 1 saturated heterocycles. The third kappa shape index (κ3) is 2.97. The monoisotopic (exact) mass is 195 g/mol. The maximum absolute atomic E-state index is 10.9. The van der Waals surface area contributed by atoms with Gasteiger partial charge in [0, 0.05) is 6.54 Å². The summed E-state index contributed by atoms with van der Waals surface area (Å²) in [6.45, 7) is 3.08. The molecule has 5 heteroatoms. The average molecular weight is 196 g/mol. The largest absolute Gasteiger partial charge is 0.468 e. The van der Waals surface area contributed by atoms with Gasteiger partial charge in [-0.2, -0.15) is 0 Å². The van der Waals surface area contributed by atoms with Gasteiger partial charge in [-0.3, -0.25) is 10.1 Å². The van der Waals surface area contributed by atoms with Crippen molar-refractivity contribution in [3.8, 4) is 0 Å². The molecule has 2 atom stereocenters. The lowest BCUT2D eigenvalue weighted by molar-refractivity contribution is -0.147. The van der Waals surface area contributed by atoms with Crippen LogP contribution in [0.25, 0.3) is 0 Å². The molecule has 0 bridgehead atoms. The molecule has 4 nitrogen and oxygen atoms in total. The van der Waals surface area contributed by atoms with Crippen molar-refractivity contribution >= 4 is 18.4 Å². The molecule has 0 aromatic rings. The molecule has 1 fully saturated rings. The fourth-order valence-corrected chi connectivity index (χ4v) is 0.980. The van der Waals surface area contributed by atoms with Crippen LogP contribution in [0.3, 0.4) is 0 Å². The van der Waals surface area contributed by atoms with Crippen molar-refractivity contribution in [2.24, 2.45) is 0 Å². The predicted octanol–water partition coefficient (Wildman–Crippen LogP) is -0.0419. The Bertz CT molecular complexity index is 146. The summed E-state index contributed by atoms with van der Waals surface area (Å²) < 4.78 is 9.79. The Morgan fingerprint density at radius 1 is 1.67 bits per heavy atom. The van der Waals surface area contributed by atoms with Crippen LogP contribution in [-0.2, 0) is 14.3 Å². The summed E-state index contributed by atoms with van der Waals surface area (Å²) in [6.07, 6.45) is 0.191. The van der Waals surface area contributed by atoms with Gasteiger partial charge < -0.3 is 9.47 Å². The minimum atomic E-state index is -0.281. The van der Waals surface area contributed by atoms with E-state index in [1.54, 1.807) is 0 Å². The smallest absolute Gasteiger partial charge is 0.325 e. The topological polar surface area (TPSA) is 47.6 Å². The number of esters is 1. The Kier molecular flexibility index (Phi) is 5.20. The lowest BCUT2D eigenvalue weighted by Gasteiger charge is -2.26. The summed E-state index contributed by atoms with van der Waals surface area (Å²) in [5, 5.41) is 3.02. The Hall–Kier alpha value is -0.320. The van der Waals surface area contributed by atoms with Crippen LogP contribution < -0.4 is 5.32 Å². The molecule has 0 aromatic carbocycles. The van der Waals surface area contributed by atoms with Crippen molar-refractivity contribution in [2.75, 3.05) is 20.3 Å². The van der Waals surface area contributed by atoms with Crippen LogP contribution in [0, 0.1) is 0 Å². The van der Waals surface area contributed by atoms with Crippen molar-refractivity contribution in [1.82, 2.24) is 5.32 Å². The highest BCUT2D eigenvalue weighted by atomic mass is 35.5. The van der Waals surface area contributed by atoms with Crippen molar-refractivity contribution in [3.63, 3.8) is 0 Å². The molecule has 1 rings (SSSR count). The van der Waals surface area contributed by atoms with Crippen molar-refractivity contribution in [3.05, 3.63) is 0 Å². The lowest BCUT2D eigenvalue weighted by Crippen LogP contribution is -2.49. The van der Waals surface area contributed by atoms with Crippen LogP contribution in [0.15, 0.2) is 0 Å². The maximum atomic E-state index is 10.9. The zero-order valence-corrected chi connectivity index (χ0v) is 8.02. The number of rotatable bonds is 1. The van der Waals surface area contributed by atoms with Crippen LogP contribution in [-0.4, -0.2) is 38.4 Å². The average Bonchev–Trinajstić information content (AvgIpc) is 2.05. The van der Waals surface area contributed by atoms with Gasteiger partial charge in [0.05, 0.1) is 19.8 Å². The van der Waals surface area contributed by atoms with Crippen molar-refractivity contribution < 1.29 is 14.3 Å². The molecule has 1 aliphatic heterocycles. The van der Waals surface area contributed by atoms with Crippen LogP contribution in [0.1, 0.15) is 6.92 Å². The zero-order valence-electron chi connectivity index (χ0n) is 7.20. The van der Waals surface area contributed by atoms with Crippen LogP contribution in [0.4, 0.5) is 0 Å². The van der Waals surface area contributed by atoms with Gasteiger partial charge in [-0.15, -0.1) is 12.4 Å². The van der Waals surface area contributed by atoms with Crippen LogP contribution in [0.2, 0.25) is 0 Å². The second-order valence-electron chi connectivity index (χ2n) is 2.63. The molecule has 12 heavy (non-hydrogen) atoms. The number of methoxy groups -OCH3 is 1. The van der Waals surface area contributed by atoms with E-state index in [2.05, 4.69) is 10.1 Å². The molecular formula is C7H14ClNO3. The van der Waals surface area contributed by atoms with Gasteiger partial charge in [-0.25, -0.2) is 0 Å². The molecule has 0 amide bonds. The van der Waals surface area contributed by atoms with E-state index in [9.17, 15) is 4.79 Å². The third-order valence-corrected chi connectivity index (χ3v) is 1.68. The maximum Gasteiger partial charge on any atom is 0.325 e. The first kappa shape index (κ1) is 11.7. The van der Waals surface area contributed by atoms with E-state index in [0.29, 0.717) is 13.2 Å². The van der Waals surface area contributed by atoms with Crippen LogP contribution in [0.5, 0.6) is 0 Å². The molecule has 1 N–H and O–H groups in total. The van der Waals surface area contributed by atoms with Gasteiger partial charge >= 0.3 is 5.97 Å². The highest BCUT2D eigenvalue weighted by molar-refractivity contribution is 5.85. The molecule has 0 aliphatic carbocycles. The molecule has 0 aromatic heterocycles. The van der Waals surface area contributed by atoms with Gasteiger partial charge in [-0.1, -0.05) is 0 Å². The summed E-state index contributed by atoms with van der Waals surface area (Å²) in [7, 11) is 1.38. The van der Waals surface area contributed by atoms with Gasteiger partial charge in [0.1, 0.15) is 6.04 Å². The van der Waals surface area contributed by atoms with E-state index in [1.165, 1.54) is 7.11 Å². The van der Waals surface area contributed by atoms with Crippen LogP contribution >= 0.6 is 12.4 Å². The summed E-state index contributed by atoms with van der Waals surface area (Å²) in [6, 6.07) is -0.281. The highest BCUT2D eigenvalue weighted by Crippen LogP contribution is 2.00. The third-order valence-electron chi connectivity index (χ3n) is 1.68. The quantitative estimate of drug-likeness (QED) is 0.597. The summed E-state index contributed by atoms with van der Waals surface area (Å²) in [5.41, 5.74) is 0. The number of carbonyl (C=O) groups is 1. The van der Waals surface area contributed by atoms with E-state index < -0.39 is 0 Å².